The maximum atomic E-state index is 12.5. The van der Waals surface area contributed by atoms with E-state index in [0.29, 0.717) is 13.0 Å². The molecule has 1 aliphatic heterocycles. The van der Waals surface area contributed by atoms with Crippen molar-refractivity contribution in [3.8, 4) is 0 Å². The monoisotopic (exact) mass is 340 g/mol. The van der Waals surface area contributed by atoms with Crippen LogP contribution in [-0.2, 0) is 16.0 Å². The molecular weight excluding hydrogens is 316 g/mol. The fraction of sp³-hybridized carbons (Fsp3) is 0.450. The van der Waals surface area contributed by atoms with Gasteiger partial charge >= 0.3 is 0 Å². The second kappa shape index (κ2) is 8.21. The van der Waals surface area contributed by atoms with Crippen LogP contribution in [0.15, 0.2) is 47.6 Å². The normalized spacial score (nSPS) is 26.0. The molecule has 1 aromatic rings. The van der Waals surface area contributed by atoms with Crippen LogP contribution in [0.3, 0.4) is 0 Å². The molecule has 1 aromatic carbocycles. The number of aliphatic imine (C=N–C) groups is 1. The lowest BCUT2D eigenvalue weighted by atomic mass is 9.70. The molecule has 132 valence electrons. The van der Waals surface area contributed by atoms with E-state index in [0.717, 1.165) is 24.8 Å². The van der Waals surface area contributed by atoms with Crippen molar-refractivity contribution in [1.82, 2.24) is 4.90 Å². The first-order valence-electron chi connectivity index (χ1n) is 8.89. The third-order valence-electron chi connectivity index (χ3n) is 5.05. The number of hydrogen-bond donors (Lipinski definition) is 1. The van der Waals surface area contributed by atoms with Crippen LogP contribution < -0.4 is 0 Å². The molecule has 1 heterocycles. The second-order valence-corrected chi connectivity index (χ2v) is 6.71. The highest BCUT2D eigenvalue weighted by molar-refractivity contribution is 5.88. The van der Waals surface area contributed by atoms with Gasteiger partial charge in [0.1, 0.15) is 0 Å². The number of benzene rings is 1. The van der Waals surface area contributed by atoms with E-state index in [1.807, 2.05) is 36.4 Å². The average Bonchev–Trinajstić information content (AvgIpc) is 2.63. The standard InChI is InChI=1S/C20H24N2O3/c23-12-11-22-10-9-17-16(7-4-8-18(17)20(22)25)14-21-19(24)13-15-5-2-1-3-6-15/h1-3,5-6,9-10,14,16-18,23H,4,7-8,11-13H2/t16?,17?,18-/m1/s1. The number of rotatable bonds is 5. The zero-order valence-corrected chi connectivity index (χ0v) is 14.3. The summed E-state index contributed by atoms with van der Waals surface area (Å²) in [6, 6.07) is 9.58. The number of amides is 2. The summed E-state index contributed by atoms with van der Waals surface area (Å²) < 4.78 is 0. The van der Waals surface area contributed by atoms with Crippen LogP contribution in [0.5, 0.6) is 0 Å². The molecule has 0 spiro atoms. The number of hydrogen-bond acceptors (Lipinski definition) is 3. The van der Waals surface area contributed by atoms with Crippen molar-refractivity contribution in [2.75, 3.05) is 13.2 Å². The van der Waals surface area contributed by atoms with Gasteiger partial charge in [0.25, 0.3) is 0 Å². The van der Waals surface area contributed by atoms with Gasteiger partial charge in [-0.15, -0.1) is 0 Å². The number of allylic oxidation sites excluding steroid dienone is 1. The fourth-order valence-corrected chi connectivity index (χ4v) is 3.77. The lowest BCUT2D eigenvalue weighted by Gasteiger charge is -2.39. The third kappa shape index (κ3) is 4.23. The summed E-state index contributed by atoms with van der Waals surface area (Å²) >= 11 is 0. The largest absolute Gasteiger partial charge is 0.395 e. The molecule has 3 atom stereocenters. The van der Waals surface area contributed by atoms with Crippen LogP contribution in [0, 0.1) is 17.8 Å². The van der Waals surface area contributed by atoms with Crippen molar-refractivity contribution in [1.29, 1.82) is 0 Å². The topological polar surface area (TPSA) is 70.0 Å². The molecule has 1 fully saturated rings. The molecule has 0 radical (unpaired) electrons. The van der Waals surface area contributed by atoms with Gasteiger partial charge in [-0.05, 0) is 24.3 Å². The van der Waals surface area contributed by atoms with E-state index < -0.39 is 0 Å². The summed E-state index contributed by atoms with van der Waals surface area (Å²) in [6.07, 6.45) is 8.63. The van der Waals surface area contributed by atoms with Crippen LogP contribution in [-0.4, -0.2) is 41.2 Å². The smallest absolute Gasteiger partial charge is 0.249 e. The minimum atomic E-state index is -0.152. The molecular formula is C20H24N2O3. The molecule has 1 saturated carbocycles. The number of nitrogens with zero attached hydrogens (tertiary/aromatic N) is 2. The number of carbonyl (C=O) groups is 2. The van der Waals surface area contributed by atoms with Crippen molar-refractivity contribution in [2.45, 2.75) is 25.7 Å². The highest BCUT2D eigenvalue weighted by Gasteiger charge is 2.39. The Kier molecular flexibility index (Phi) is 5.76. The predicted octanol–water partition coefficient (Wildman–Crippen LogP) is 2.21. The number of β-amino-alcohol motifs (C(OH)–C–C–N with tert-alkyl or cyclic N) is 1. The summed E-state index contributed by atoms with van der Waals surface area (Å²) in [4.78, 5) is 30.4. The molecule has 0 bridgehead atoms. The van der Waals surface area contributed by atoms with Gasteiger partial charge in [-0.1, -0.05) is 42.8 Å². The summed E-state index contributed by atoms with van der Waals surface area (Å²) in [7, 11) is 0. The Bertz CT molecular complexity index is 669. The molecule has 2 unspecified atom stereocenters. The first kappa shape index (κ1) is 17.5. The van der Waals surface area contributed by atoms with Gasteiger partial charge in [-0.3, -0.25) is 9.59 Å². The molecule has 5 nitrogen and oxygen atoms in total. The first-order chi connectivity index (χ1) is 12.2. The average molecular weight is 340 g/mol. The van der Waals surface area contributed by atoms with Gasteiger partial charge in [0.05, 0.1) is 13.0 Å². The zero-order valence-electron chi connectivity index (χ0n) is 14.3. The van der Waals surface area contributed by atoms with Gasteiger partial charge in [-0.2, -0.15) is 0 Å². The molecule has 2 amide bonds. The van der Waals surface area contributed by atoms with Crippen molar-refractivity contribution < 1.29 is 14.7 Å². The summed E-state index contributed by atoms with van der Waals surface area (Å²) in [6.45, 7) is 0.305. The van der Waals surface area contributed by atoms with Crippen molar-refractivity contribution in [3.63, 3.8) is 0 Å². The SMILES string of the molecule is O=C(Cc1ccccc1)N=CC1CCC[C@H]2C(=O)N(CCO)C=CC12. The van der Waals surface area contributed by atoms with E-state index in [9.17, 15) is 9.59 Å². The van der Waals surface area contributed by atoms with Gasteiger partial charge in [0, 0.05) is 30.8 Å². The molecule has 3 rings (SSSR count). The Hall–Kier alpha value is -2.27. The van der Waals surface area contributed by atoms with E-state index in [1.165, 1.54) is 0 Å². The molecule has 2 aliphatic rings. The fourth-order valence-electron chi connectivity index (χ4n) is 3.77. The molecule has 25 heavy (non-hydrogen) atoms. The Morgan fingerprint density at radius 2 is 2.08 bits per heavy atom. The van der Waals surface area contributed by atoms with E-state index in [2.05, 4.69) is 4.99 Å². The van der Waals surface area contributed by atoms with Crippen LogP contribution >= 0.6 is 0 Å². The van der Waals surface area contributed by atoms with E-state index in [-0.39, 0.29) is 36.2 Å². The first-order valence-corrected chi connectivity index (χ1v) is 8.89. The molecule has 5 heteroatoms. The van der Waals surface area contributed by atoms with Crippen LogP contribution in [0.1, 0.15) is 24.8 Å². The molecule has 0 saturated heterocycles. The van der Waals surface area contributed by atoms with Crippen LogP contribution in [0.25, 0.3) is 0 Å². The maximum absolute atomic E-state index is 12.5. The molecule has 1 aliphatic carbocycles. The zero-order chi connectivity index (χ0) is 17.6. The highest BCUT2D eigenvalue weighted by atomic mass is 16.3. The van der Waals surface area contributed by atoms with E-state index >= 15 is 0 Å². The van der Waals surface area contributed by atoms with Gasteiger partial charge in [0.2, 0.25) is 11.8 Å². The highest BCUT2D eigenvalue weighted by Crippen LogP contribution is 2.38. The molecule has 0 aromatic heterocycles. The summed E-state index contributed by atoms with van der Waals surface area (Å²) in [5.74, 6) is 0.0852. The third-order valence-corrected chi connectivity index (χ3v) is 5.05. The number of carbonyl (C=O) groups excluding carboxylic acids is 2. The Morgan fingerprint density at radius 1 is 1.28 bits per heavy atom. The van der Waals surface area contributed by atoms with Crippen LogP contribution in [0.2, 0.25) is 0 Å². The lowest BCUT2D eigenvalue weighted by Crippen LogP contribution is -2.44. The second-order valence-electron chi connectivity index (χ2n) is 6.71. The number of aliphatic hydroxyl groups is 1. The predicted molar refractivity (Wildman–Crippen MR) is 95.9 cm³/mol. The maximum Gasteiger partial charge on any atom is 0.249 e. The Balaban J connectivity index is 1.65. The summed E-state index contributed by atoms with van der Waals surface area (Å²) in [5, 5.41) is 9.06. The van der Waals surface area contributed by atoms with Crippen LogP contribution in [0.4, 0.5) is 0 Å². The minimum Gasteiger partial charge on any atom is -0.395 e. The number of aliphatic hydroxyl groups excluding tert-OH is 1. The Morgan fingerprint density at radius 3 is 2.84 bits per heavy atom. The summed E-state index contributed by atoms with van der Waals surface area (Å²) in [5.41, 5.74) is 0.957. The van der Waals surface area contributed by atoms with Crippen molar-refractivity contribution in [3.05, 3.63) is 48.2 Å². The van der Waals surface area contributed by atoms with Gasteiger partial charge < -0.3 is 10.0 Å². The van der Waals surface area contributed by atoms with Crippen molar-refractivity contribution >= 4 is 18.0 Å². The quantitative estimate of drug-likeness (QED) is 0.836. The number of fused-ring (bicyclic) bond motifs is 1. The Labute approximate surface area is 148 Å². The van der Waals surface area contributed by atoms with E-state index in [1.54, 1.807) is 17.3 Å². The molecule has 1 N–H and O–H groups in total. The minimum absolute atomic E-state index is 0.0354. The lowest BCUT2D eigenvalue weighted by molar-refractivity contribution is -0.137. The van der Waals surface area contributed by atoms with Gasteiger partial charge in [0.15, 0.2) is 0 Å². The van der Waals surface area contributed by atoms with E-state index in [4.69, 9.17) is 5.11 Å². The van der Waals surface area contributed by atoms with Gasteiger partial charge in [-0.25, -0.2) is 4.99 Å². The van der Waals surface area contributed by atoms with Crippen molar-refractivity contribution in [2.24, 2.45) is 22.7 Å².